The first-order valence-corrected chi connectivity index (χ1v) is 22.4. The fourth-order valence-corrected chi connectivity index (χ4v) is 11.4. The molecule has 0 amide bonds. The molecule has 12 aromatic rings. The molecule has 0 radical (unpaired) electrons. The van der Waals surface area contributed by atoms with E-state index in [9.17, 15) is 0 Å². The van der Waals surface area contributed by atoms with Crippen LogP contribution in [-0.2, 0) is 0 Å². The van der Waals surface area contributed by atoms with E-state index < -0.39 is 0 Å². The van der Waals surface area contributed by atoms with Crippen LogP contribution in [0.4, 0.5) is 17.1 Å². The molecule has 3 heteroatoms. The highest BCUT2D eigenvalue weighted by atomic mass is 32.1. The maximum atomic E-state index is 2.38. The molecule has 2 aromatic heterocycles. The Balaban J connectivity index is 0.933. The molecule has 0 aliphatic heterocycles. The number of rotatable bonds is 7. The average molecular weight is 812 g/mol. The van der Waals surface area contributed by atoms with Crippen molar-refractivity contribution in [3.05, 3.63) is 224 Å². The van der Waals surface area contributed by atoms with Gasteiger partial charge in [-0.3, -0.25) is 0 Å². The van der Waals surface area contributed by atoms with Gasteiger partial charge in [0, 0.05) is 57.4 Å². The lowest BCUT2D eigenvalue weighted by molar-refractivity contribution is 1.28. The van der Waals surface area contributed by atoms with Crippen LogP contribution in [0.15, 0.2) is 224 Å². The first-order valence-electron chi connectivity index (χ1n) is 20.7. The Morgan fingerprint density at radius 3 is 1.56 bits per heavy atom. The Hall–Kier alpha value is -7.30. The third kappa shape index (κ3) is 6.38. The van der Waals surface area contributed by atoms with Crippen LogP contribution in [0, 0.1) is 0 Å². The van der Waals surface area contributed by atoms with Crippen molar-refractivity contribution >= 4 is 90.9 Å². The molecule has 0 atom stereocenters. The predicted octanol–water partition coefficient (Wildman–Crippen LogP) is 17.7. The van der Waals surface area contributed by atoms with Gasteiger partial charge in [0.15, 0.2) is 0 Å². The molecule has 286 valence electrons. The van der Waals surface area contributed by atoms with Gasteiger partial charge in [-0.15, -0.1) is 22.7 Å². The van der Waals surface area contributed by atoms with Crippen LogP contribution in [-0.4, -0.2) is 0 Å². The minimum Gasteiger partial charge on any atom is -0.310 e. The maximum absolute atomic E-state index is 2.38. The van der Waals surface area contributed by atoms with E-state index in [1.807, 2.05) is 22.7 Å². The number of hydrogen-bond donors (Lipinski definition) is 0. The van der Waals surface area contributed by atoms with Crippen LogP contribution >= 0.6 is 22.7 Å². The number of nitrogens with zero attached hydrogens (tertiary/aromatic N) is 1. The molecule has 0 spiro atoms. The largest absolute Gasteiger partial charge is 0.310 e. The van der Waals surface area contributed by atoms with Crippen LogP contribution < -0.4 is 4.90 Å². The Morgan fingerprint density at radius 2 is 0.787 bits per heavy atom. The fourth-order valence-electron chi connectivity index (χ4n) is 8.99. The fraction of sp³-hybridized carbons (Fsp3) is 0. The lowest BCUT2D eigenvalue weighted by atomic mass is 9.97. The van der Waals surface area contributed by atoms with Gasteiger partial charge in [0.05, 0.1) is 0 Å². The smallest absolute Gasteiger partial charge is 0.0467 e. The second-order valence-corrected chi connectivity index (χ2v) is 17.8. The summed E-state index contributed by atoms with van der Waals surface area (Å²) in [5.74, 6) is 0. The number of fused-ring (bicyclic) bond motifs is 7. The first kappa shape index (κ1) is 35.6. The van der Waals surface area contributed by atoms with E-state index in [1.54, 1.807) is 0 Å². The number of benzene rings is 10. The SMILES string of the molecule is c1cc(-c2cccc(N(c3ccc(-c4ccc5ccccc5c4)cc3)c3ccc(-c4ccc5c(c4)sc4ccccc45)cc3)c2)cc(-c2cccc3c2sc2ccccc23)c1. The lowest BCUT2D eigenvalue weighted by Crippen LogP contribution is -2.10. The summed E-state index contributed by atoms with van der Waals surface area (Å²) in [6.07, 6.45) is 0. The zero-order chi connectivity index (χ0) is 40.3. The van der Waals surface area contributed by atoms with Gasteiger partial charge in [-0.2, -0.15) is 0 Å². The molecule has 0 fully saturated rings. The molecule has 0 aliphatic carbocycles. The van der Waals surface area contributed by atoms with Gasteiger partial charge >= 0.3 is 0 Å². The zero-order valence-electron chi connectivity index (χ0n) is 33.1. The molecule has 2 heterocycles. The van der Waals surface area contributed by atoms with E-state index in [0.29, 0.717) is 0 Å². The van der Waals surface area contributed by atoms with Crippen LogP contribution in [0.1, 0.15) is 0 Å². The summed E-state index contributed by atoms with van der Waals surface area (Å²) in [6, 6.07) is 82.4. The first-order chi connectivity index (χ1) is 30.2. The summed E-state index contributed by atoms with van der Waals surface area (Å²) >= 11 is 3.75. The summed E-state index contributed by atoms with van der Waals surface area (Å²) in [4.78, 5) is 2.38. The van der Waals surface area contributed by atoms with Gasteiger partial charge in [-0.25, -0.2) is 0 Å². The van der Waals surface area contributed by atoms with Crippen LogP contribution in [0.5, 0.6) is 0 Å². The zero-order valence-corrected chi connectivity index (χ0v) is 34.8. The molecule has 10 aromatic carbocycles. The predicted molar refractivity (Wildman–Crippen MR) is 266 cm³/mol. The van der Waals surface area contributed by atoms with Crippen molar-refractivity contribution in [1.82, 2.24) is 0 Å². The highest BCUT2D eigenvalue weighted by Crippen LogP contribution is 2.43. The molecular formula is C58H37NS2. The van der Waals surface area contributed by atoms with E-state index in [0.717, 1.165) is 17.1 Å². The Morgan fingerprint density at radius 1 is 0.262 bits per heavy atom. The van der Waals surface area contributed by atoms with E-state index in [4.69, 9.17) is 0 Å². The van der Waals surface area contributed by atoms with Crippen molar-refractivity contribution in [1.29, 1.82) is 0 Å². The van der Waals surface area contributed by atoms with E-state index in [-0.39, 0.29) is 0 Å². The molecule has 0 unspecified atom stereocenters. The van der Waals surface area contributed by atoms with Gasteiger partial charge in [-0.05, 0) is 122 Å². The van der Waals surface area contributed by atoms with Crippen LogP contribution in [0.2, 0.25) is 0 Å². The molecule has 0 bridgehead atoms. The quantitative estimate of drug-likeness (QED) is 0.155. The molecule has 0 saturated heterocycles. The van der Waals surface area contributed by atoms with Gasteiger partial charge in [0.25, 0.3) is 0 Å². The summed E-state index contributed by atoms with van der Waals surface area (Å²) in [7, 11) is 0. The minimum absolute atomic E-state index is 1.10. The minimum atomic E-state index is 1.10. The van der Waals surface area contributed by atoms with Crippen molar-refractivity contribution < 1.29 is 0 Å². The van der Waals surface area contributed by atoms with Crippen molar-refractivity contribution in [3.8, 4) is 44.5 Å². The number of hydrogen-bond acceptors (Lipinski definition) is 3. The maximum Gasteiger partial charge on any atom is 0.0467 e. The third-order valence-electron chi connectivity index (χ3n) is 12.1. The monoisotopic (exact) mass is 811 g/mol. The highest BCUT2D eigenvalue weighted by Gasteiger charge is 2.16. The second kappa shape index (κ2) is 14.8. The van der Waals surface area contributed by atoms with Crippen molar-refractivity contribution in [2.45, 2.75) is 0 Å². The molecule has 0 aliphatic rings. The second-order valence-electron chi connectivity index (χ2n) is 15.7. The number of thiophene rings is 2. The van der Waals surface area contributed by atoms with E-state index >= 15 is 0 Å². The van der Waals surface area contributed by atoms with Gasteiger partial charge in [-0.1, -0.05) is 158 Å². The molecule has 1 nitrogen and oxygen atoms in total. The van der Waals surface area contributed by atoms with Crippen molar-refractivity contribution in [2.75, 3.05) is 4.90 Å². The van der Waals surface area contributed by atoms with Crippen LogP contribution in [0.3, 0.4) is 0 Å². The van der Waals surface area contributed by atoms with E-state index in [2.05, 4.69) is 229 Å². The summed E-state index contributed by atoms with van der Waals surface area (Å²) in [5, 5.41) is 7.79. The molecule has 61 heavy (non-hydrogen) atoms. The Kier molecular flexibility index (Phi) is 8.62. The summed E-state index contributed by atoms with van der Waals surface area (Å²) < 4.78 is 5.30. The van der Waals surface area contributed by atoms with E-state index in [1.165, 1.54) is 95.6 Å². The standard InChI is InChI=1S/C58H37NS2/c1-2-11-41-34-44(23-22-38(41)10-1)39-24-29-47(30-25-39)59(48-31-26-40(27-32-48)45-28-33-53-51-16-3-5-20-55(51)60-57(53)37-45)49-15-8-13-43(36-49)42-12-7-14-46(35-42)50-18-9-19-54-52-17-4-6-21-56(52)61-58(50)54/h1-37H. The number of anilines is 3. The Bertz CT molecular complexity index is 3590. The summed E-state index contributed by atoms with van der Waals surface area (Å²) in [5.41, 5.74) is 13.0. The Labute approximate surface area is 362 Å². The summed E-state index contributed by atoms with van der Waals surface area (Å²) in [6.45, 7) is 0. The molecule has 12 rings (SSSR count). The van der Waals surface area contributed by atoms with Gasteiger partial charge < -0.3 is 4.90 Å². The third-order valence-corrected chi connectivity index (χ3v) is 14.4. The lowest BCUT2D eigenvalue weighted by Gasteiger charge is -2.26. The highest BCUT2D eigenvalue weighted by molar-refractivity contribution is 7.26. The van der Waals surface area contributed by atoms with Crippen molar-refractivity contribution in [3.63, 3.8) is 0 Å². The average Bonchev–Trinajstić information content (AvgIpc) is 3.90. The molecular weight excluding hydrogens is 775 g/mol. The van der Waals surface area contributed by atoms with Gasteiger partial charge in [0.2, 0.25) is 0 Å². The van der Waals surface area contributed by atoms with Crippen molar-refractivity contribution in [2.24, 2.45) is 0 Å². The van der Waals surface area contributed by atoms with Gasteiger partial charge in [0.1, 0.15) is 0 Å². The van der Waals surface area contributed by atoms with Crippen LogP contribution in [0.25, 0.3) is 95.6 Å². The molecule has 0 saturated carbocycles. The molecule has 0 N–H and O–H groups in total. The normalized spacial score (nSPS) is 11.6. The topological polar surface area (TPSA) is 3.24 Å².